The van der Waals surface area contributed by atoms with E-state index in [1.165, 1.54) is 0 Å². The van der Waals surface area contributed by atoms with E-state index in [0.717, 1.165) is 50.4 Å². The Hall–Kier alpha value is -2.15. The van der Waals surface area contributed by atoms with Gasteiger partial charge < -0.3 is 18.9 Å². The van der Waals surface area contributed by atoms with E-state index >= 15 is 0 Å². The molecule has 0 aromatic carbocycles. The van der Waals surface area contributed by atoms with Crippen molar-refractivity contribution in [2.24, 2.45) is 0 Å². The number of rotatable bonds is 6. The average molecular weight is 345 g/mol. The Morgan fingerprint density at radius 3 is 3.00 bits per heavy atom. The molecule has 2 aromatic heterocycles. The van der Waals surface area contributed by atoms with Crippen molar-refractivity contribution in [1.82, 2.24) is 24.5 Å². The molecule has 136 valence electrons. The predicted octanol–water partition coefficient (Wildman–Crippen LogP) is 2.15. The Morgan fingerprint density at radius 1 is 1.44 bits per heavy atom. The molecule has 1 amide bonds. The van der Waals surface area contributed by atoms with Crippen LogP contribution in [-0.2, 0) is 6.54 Å². The summed E-state index contributed by atoms with van der Waals surface area (Å²) in [4.78, 5) is 21.3. The fourth-order valence-corrected chi connectivity index (χ4v) is 3.42. The van der Waals surface area contributed by atoms with E-state index in [-0.39, 0.29) is 11.8 Å². The molecule has 7 heteroatoms. The fraction of sp³-hybridized carbons (Fsp3) is 0.611. The van der Waals surface area contributed by atoms with Gasteiger partial charge >= 0.3 is 0 Å². The molecule has 3 heterocycles. The first-order chi connectivity index (χ1) is 12.0. The van der Waals surface area contributed by atoms with Gasteiger partial charge in [-0.1, -0.05) is 5.16 Å². The number of aryl methyl sites for hydroxylation is 2. The number of hydrogen-bond donors (Lipinski definition) is 0. The lowest BCUT2D eigenvalue weighted by Crippen LogP contribution is -2.39. The minimum atomic E-state index is -0.0731. The minimum Gasteiger partial charge on any atom is -0.351 e. The summed E-state index contributed by atoms with van der Waals surface area (Å²) in [7, 11) is 4.18. The molecule has 0 saturated carbocycles. The first-order valence-electron chi connectivity index (χ1n) is 8.93. The van der Waals surface area contributed by atoms with E-state index in [4.69, 9.17) is 4.52 Å². The molecule has 25 heavy (non-hydrogen) atoms. The molecule has 7 nitrogen and oxygen atoms in total. The normalized spacial score (nSPS) is 18.1. The van der Waals surface area contributed by atoms with Gasteiger partial charge in [0, 0.05) is 44.0 Å². The van der Waals surface area contributed by atoms with Crippen molar-refractivity contribution in [3.8, 4) is 0 Å². The van der Waals surface area contributed by atoms with E-state index in [0.29, 0.717) is 12.3 Å². The summed E-state index contributed by atoms with van der Waals surface area (Å²) < 4.78 is 7.37. The maximum Gasteiger partial charge on any atom is 0.292 e. The third kappa shape index (κ3) is 4.28. The number of carbonyl (C=O) groups is 1. The van der Waals surface area contributed by atoms with Gasteiger partial charge in [0.1, 0.15) is 5.82 Å². The number of hydrogen-bond acceptors (Lipinski definition) is 5. The van der Waals surface area contributed by atoms with Crippen LogP contribution in [0.1, 0.15) is 47.3 Å². The number of aromatic nitrogens is 3. The Bertz CT molecular complexity index is 706. The fourth-order valence-electron chi connectivity index (χ4n) is 3.42. The number of piperidine rings is 1. The number of imidazole rings is 1. The maximum atomic E-state index is 12.6. The largest absolute Gasteiger partial charge is 0.351 e. The minimum absolute atomic E-state index is 0.0731. The summed E-state index contributed by atoms with van der Waals surface area (Å²) in [6.45, 7) is 5.28. The third-order valence-electron chi connectivity index (χ3n) is 4.66. The summed E-state index contributed by atoms with van der Waals surface area (Å²) in [5, 5.41) is 3.82. The first kappa shape index (κ1) is 17.7. The van der Waals surface area contributed by atoms with E-state index in [2.05, 4.69) is 33.7 Å². The van der Waals surface area contributed by atoms with Crippen LogP contribution in [0.25, 0.3) is 0 Å². The third-order valence-corrected chi connectivity index (χ3v) is 4.66. The van der Waals surface area contributed by atoms with Crippen LogP contribution in [0.2, 0.25) is 0 Å². The van der Waals surface area contributed by atoms with Crippen LogP contribution in [0.15, 0.2) is 23.0 Å². The van der Waals surface area contributed by atoms with E-state index < -0.39 is 0 Å². The lowest BCUT2D eigenvalue weighted by atomic mass is 9.96. The van der Waals surface area contributed by atoms with Gasteiger partial charge in [0.2, 0.25) is 5.76 Å². The molecular weight excluding hydrogens is 318 g/mol. The smallest absolute Gasteiger partial charge is 0.292 e. The summed E-state index contributed by atoms with van der Waals surface area (Å²) in [6, 6.07) is 1.70. The number of amides is 1. The molecule has 0 aliphatic carbocycles. The van der Waals surface area contributed by atoms with Gasteiger partial charge in [-0.05, 0) is 46.8 Å². The molecule has 2 aromatic rings. The molecule has 3 rings (SSSR count). The Labute approximate surface area is 148 Å². The van der Waals surface area contributed by atoms with Crippen LogP contribution in [0, 0.1) is 6.92 Å². The second kappa shape index (κ2) is 7.82. The van der Waals surface area contributed by atoms with Crippen molar-refractivity contribution in [3.05, 3.63) is 35.7 Å². The molecule has 1 saturated heterocycles. The Kier molecular flexibility index (Phi) is 5.53. The van der Waals surface area contributed by atoms with Gasteiger partial charge in [0.25, 0.3) is 5.91 Å². The SMILES string of the molecule is Cc1cc(C(=O)N2CCCC(c3nccn3CCCN(C)C)C2)on1. The van der Waals surface area contributed by atoms with Gasteiger partial charge in [-0.25, -0.2) is 4.98 Å². The Morgan fingerprint density at radius 2 is 2.28 bits per heavy atom. The first-order valence-corrected chi connectivity index (χ1v) is 8.93. The molecule has 1 aliphatic heterocycles. The van der Waals surface area contributed by atoms with Crippen molar-refractivity contribution >= 4 is 5.91 Å². The van der Waals surface area contributed by atoms with Crippen molar-refractivity contribution in [1.29, 1.82) is 0 Å². The monoisotopic (exact) mass is 345 g/mol. The van der Waals surface area contributed by atoms with Crippen LogP contribution in [0.5, 0.6) is 0 Å². The number of carbonyl (C=O) groups excluding carboxylic acids is 1. The molecular formula is C18H27N5O2. The predicted molar refractivity (Wildman–Crippen MR) is 94.5 cm³/mol. The molecule has 0 bridgehead atoms. The highest BCUT2D eigenvalue weighted by molar-refractivity contribution is 5.91. The van der Waals surface area contributed by atoms with Gasteiger partial charge in [0.15, 0.2) is 0 Å². The molecule has 0 spiro atoms. The maximum absolute atomic E-state index is 12.6. The second-order valence-electron chi connectivity index (χ2n) is 7.06. The topological polar surface area (TPSA) is 67.4 Å². The Balaban J connectivity index is 1.65. The lowest BCUT2D eigenvalue weighted by Gasteiger charge is -2.32. The highest BCUT2D eigenvalue weighted by Crippen LogP contribution is 2.27. The van der Waals surface area contributed by atoms with Gasteiger partial charge in [-0.3, -0.25) is 4.79 Å². The van der Waals surface area contributed by atoms with Gasteiger partial charge in [-0.2, -0.15) is 0 Å². The highest BCUT2D eigenvalue weighted by Gasteiger charge is 2.29. The lowest BCUT2D eigenvalue weighted by molar-refractivity contribution is 0.0661. The van der Waals surface area contributed by atoms with Crippen LogP contribution in [0.3, 0.4) is 0 Å². The standard InChI is InChI=1S/C18H27N5O2/c1-14-12-16(25-20-14)18(24)23-9-4-6-15(13-23)17-19-7-11-22(17)10-5-8-21(2)3/h7,11-12,15H,4-6,8-10,13H2,1-3H3. The van der Waals surface area contributed by atoms with Crippen LogP contribution in [0.4, 0.5) is 0 Å². The molecule has 0 N–H and O–H groups in total. The summed E-state index contributed by atoms with van der Waals surface area (Å²) in [5.41, 5.74) is 0.730. The summed E-state index contributed by atoms with van der Waals surface area (Å²) >= 11 is 0. The van der Waals surface area contributed by atoms with Crippen molar-refractivity contribution in [2.75, 3.05) is 33.7 Å². The average Bonchev–Trinajstić information content (AvgIpc) is 3.23. The van der Waals surface area contributed by atoms with Crippen LogP contribution < -0.4 is 0 Å². The van der Waals surface area contributed by atoms with Crippen LogP contribution in [-0.4, -0.2) is 64.1 Å². The van der Waals surface area contributed by atoms with Crippen molar-refractivity contribution in [2.45, 2.75) is 38.6 Å². The zero-order valence-electron chi connectivity index (χ0n) is 15.3. The molecule has 1 unspecified atom stereocenters. The van der Waals surface area contributed by atoms with Gasteiger partial charge in [-0.15, -0.1) is 0 Å². The second-order valence-corrected chi connectivity index (χ2v) is 7.06. The van der Waals surface area contributed by atoms with E-state index in [9.17, 15) is 4.79 Å². The van der Waals surface area contributed by atoms with E-state index in [1.807, 2.05) is 24.2 Å². The van der Waals surface area contributed by atoms with Crippen molar-refractivity contribution < 1.29 is 9.32 Å². The number of nitrogens with zero attached hydrogens (tertiary/aromatic N) is 5. The molecule has 1 aliphatic rings. The number of likely N-dealkylation sites (tertiary alicyclic amines) is 1. The van der Waals surface area contributed by atoms with Gasteiger partial charge in [0.05, 0.1) is 5.69 Å². The van der Waals surface area contributed by atoms with Crippen LogP contribution >= 0.6 is 0 Å². The van der Waals surface area contributed by atoms with Crippen molar-refractivity contribution in [3.63, 3.8) is 0 Å². The zero-order valence-corrected chi connectivity index (χ0v) is 15.3. The van der Waals surface area contributed by atoms with E-state index in [1.54, 1.807) is 6.07 Å². The summed E-state index contributed by atoms with van der Waals surface area (Å²) in [5.74, 6) is 1.62. The molecule has 1 fully saturated rings. The molecule has 1 atom stereocenters. The quantitative estimate of drug-likeness (QED) is 0.802. The highest BCUT2D eigenvalue weighted by atomic mass is 16.5. The summed E-state index contributed by atoms with van der Waals surface area (Å²) in [6.07, 6.45) is 7.04. The zero-order chi connectivity index (χ0) is 17.8. The molecule has 0 radical (unpaired) electrons.